The van der Waals surface area contributed by atoms with Crippen LogP contribution in [0.15, 0.2) is 22.6 Å². The molecule has 0 atom stereocenters. The van der Waals surface area contributed by atoms with Crippen molar-refractivity contribution in [3.63, 3.8) is 0 Å². The van der Waals surface area contributed by atoms with Crippen molar-refractivity contribution >= 4 is 0 Å². The second kappa shape index (κ2) is 3.74. The molecule has 6 heteroatoms. The molecule has 1 aromatic heterocycles. The van der Waals surface area contributed by atoms with Gasteiger partial charge in [0.15, 0.2) is 0 Å². The van der Waals surface area contributed by atoms with E-state index < -0.39 is 11.6 Å². The zero-order valence-corrected chi connectivity index (χ0v) is 7.58. The molecule has 0 bridgehead atoms. The lowest BCUT2D eigenvalue weighted by atomic mass is 10.2. The lowest BCUT2D eigenvalue weighted by Crippen LogP contribution is -1.95. The first-order chi connectivity index (χ1) is 7.20. The maximum Gasteiger partial charge on any atom is 0.250 e. The van der Waals surface area contributed by atoms with Crippen LogP contribution in [-0.2, 0) is 6.54 Å². The van der Waals surface area contributed by atoms with E-state index in [0.29, 0.717) is 0 Å². The highest BCUT2D eigenvalue weighted by Gasteiger charge is 2.13. The van der Waals surface area contributed by atoms with Gasteiger partial charge in [-0.05, 0) is 18.2 Å². The van der Waals surface area contributed by atoms with Gasteiger partial charge in [-0.15, -0.1) is 10.2 Å². The smallest absolute Gasteiger partial charge is 0.250 e. The molecule has 2 N–H and O–H groups in total. The Morgan fingerprint density at radius 2 is 2.07 bits per heavy atom. The molecule has 0 saturated heterocycles. The van der Waals surface area contributed by atoms with Crippen LogP contribution in [0.25, 0.3) is 11.5 Å². The van der Waals surface area contributed by atoms with Crippen molar-refractivity contribution < 1.29 is 13.2 Å². The Labute approximate surface area is 83.7 Å². The van der Waals surface area contributed by atoms with Crippen LogP contribution in [0.3, 0.4) is 0 Å². The first-order valence-corrected chi connectivity index (χ1v) is 4.18. The first-order valence-electron chi connectivity index (χ1n) is 4.18. The third-order valence-corrected chi connectivity index (χ3v) is 1.80. The summed E-state index contributed by atoms with van der Waals surface area (Å²) in [5.41, 5.74) is 5.18. The zero-order valence-electron chi connectivity index (χ0n) is 7.58. The van der Waals surface area contributed by atoms with Crippen LogP contribution in [-0.4, -0.2) is 10.2 Å². The van der Waals surface area contributed by atoms with Gasteiger partial charge in [-0.3, -0.25) is 0 Å². The van der Waals surface area contributed by atoms with Crippen LogP contribution >= 0.6 is 0 Å². The van der Waals surface area contributed by atoms with Crippen molar-refractivity contribution in [3.8, 4) is 11.5 Å². The number of benzene rings is 1. The standard InChI is InChI=1S/C9H7F2N3O/c10-5-1-2-7(11)6(3-5)9-14-13-8(4-12)15-9/h1-3H,4,12H2. The molecule has 15 heavy (non-hydrogen) atoms. The van der Waals surface area contributed by atoms with Gasteiger partial charge in [-0.2, -0.15) is 0 Å². The lowest BCUT2D eigenvalue weighted by Gasteiger charge is -1.96. The number of hydrogen-bond donors (Lipinski definition) is 1. The first kappa shape index (κ1) is 9.72. The SMILES string of the molecule is NCc1nnc(-c2cc(F)ccc2F)o1. The predicted octanol–water partition coefficient (Wildman–Crippen LogP) is 1.47. The van der Waals surface area contributed by atoms with Crippen molar-refractivity contribution in [1.29, 1.82) is 0 Å². The number of aromatic nitrogens is 2. The average Bonchev–Trinajstić information content (AvgIpc) is 2.70. The summed E-state index contributed by atoms with van der Waals surface area (Å²) in [6, 6.07) is 3.00. The van der Waals surface area contributed by atoms with E-state index >= 15 is 0 Å². The Bertz CT molecular complexity index is 484. The molecule has 0 amide bonds. The highest BCUT2D eigenvalue weighted by molar-refractivity contribution is 5.53. The minimum Gasteiger partial charge on any atom is -0.419 e. The second-order valence-corrected chi connectivity index (χ2v) is 2.83. The second-order valence-electron chi connectivity index (χ2n) is 2.83. The third kappa shape index (κ3) is 1.84. The van der Waals surface area contributed by atoms with Crippen molar-refractivity contribution in [2.24, 2.45) is 5.73 Å². The van der Waals surface area contributed by atoms with Gasteiger partial charge >= 0.3 is 0 Å². The number of nitrogens with two attached hydrogens (primary N) is 1. The quantitative estimate of drug-likeness (QED) is 0.816. The van der Waals surface area contributed by atoms with E-state index in [9.17, 15) is 8.78 Å². The molecule has 0 aliphatic heterocycles. The average molecular weight is 211 g/mol. The van der Waals surface area contributed by atoms with Gasteiger partial charge in [0.25, 0.3) is 5.89 Å². The lowest BCUT2D eigenvalue weighted by molar-refractivity contribution is 0.503. The van der Waals surface area contributed by atoms with E-state index in [4.69, 9.17) is 10.2 Å². The summed E-state index contributed by atoms with van der Waals surface area (Å²) in [7, 11) is 0. The van der Waals surface area contributed by atoms with Crippen LogP contribution < -0.4 is 5.73 Å². The topological polar surface area (TPSA) is 64.9 Å². The van der Waals surface area contributed by atoms with Gasteiger partial charge in [-0.1, -0.05) is 0 Å². The molecular formula is C9H7F2N3O. The highest BCUT2D eigenvalue weighted by Crippen LogP contribution is 2.22. The third-order valence-electron chi connectivity index (χ3n) is 1.80. The Hall–Kier alpha value is -1.82. The molecule has 0 unspecified atom stereocenters. The summed E-state index contributed by atoms with van der Waals surface area (Å²) in [5.74, 6) is -1.09. The van der Waals surface area contributed by atoms with Gasteiger partial charge in [0.05, 0.1) is 12.1 Å². The minimum absolute atomic E-state index is 0.0595. The van der Waals surface area contributed by atoms with Gasteiger partial charge < -0.3 is 10.2 Å². The van der Waals surface area contributed by atoms with Crippen LogP contribution in [0.4, 0.5) is 8.78 Å². The van der Waals surface area contributed by atoms with E-state index in [0.717, 1.165) is 18.2 Å². The van der Waals surface area contributed by atoms with Crippen LogP contribution in [0.1, 0.15) is 5.89 Å². The normalized spacial score (nSPS) is 10.6. The molecule has 0 aliphatic carbocycles. The summed E-state index contributed by atoms with van der Waals surface area (Å²) < 4.78 is 31.1. The molecule has 0 fully saturated rings. The molecule has 4 nitrogen and oxygen atoms in total. The fourth-order valence-electron chi connectivity index (χ4n) is 1.11. The van der Waals surface area contributed by atoms with E-state index in [1.807, 2.05) is 0 Å². The van der Waals surface area contributed by atoms with E-state index in [-0.39, 0.29) is 23.9 Å². The zero-order chi connectivity index (χ0) is 10.8. The molecule has 0 radical (unpaired) electrons. The van der Waals surface area contributed by atoms with Crippen molar-refractivity contribution in [2.45, 2.75) is 6.54 Å². The summed E-state index contributed by atoms with van der Waals surface area (Å²) in [5, 5.41) is 7.11. The Balaban J connectivity index is 2.48. The summed E-state index contributed by atoms with van der Waals surface area (Å²) in [4.78, 5) is 0. The van der Waals surface area contributed by atoms with Crippen molar-refractivity contribution in [2.75, 3.05) is 0 Å². The van der Waals surface area contributed by atoms with Crippen LogP contribution in [0, 0.1) is 11.6 Å². The maximum atomic E-state index is 13.2. The van der Waals surface area contributed by atoms with Gasteiger partial charge in [-0.25, -0.2) is 8.78 Å². The Morgan fingerprint density at radius 1 is 1.27 bits per heavy atom. The fraction of sp³-hybridized carbons (Fsp3) is 0.111. The van der Waals surface area contributed by atoms with E-state index in [1.54, 1.807) is 0 Å². The molecule has 2 rings (SSSR count). The van der Waals surface area contributed by atoms with E-state index in [1.165, 1.54) is 0 Å². The summed E-state index contributed by atoms with van der Waals surface area (Å²) >= 11 is 0. The molecule has 0 saturated carbocycles. The maximum absolute atomic E-state index is 13.2. The molecule has 78 valence electrons. The van der Waals surface area contributed by atoms with Crippen molar-refractivity contribution in [1.82, 2.24) is 10.2 Å². The molecule has 1 heterocycles. The number of nitrogens with zero attached hydrogens (tertiary/aromatic N) is 2. The van der Waals surface area contributed by atoms with Gasteiger partial charge in [0.1, 0.15) is 11.6 Å². The monoisotopic (exact) mass is 211 g/mol. The predicted molar refractivity (Wildman–Crippen MR) is 47.5 cm³/mol. The largest absolute Gasteiger partial charge is 0.419 e. The summed E-state index contributed by atoms with van der Waals surface area (Å²) in [6.45, 7) is 0.0595. The minimum atomic E-state index is -0.622. The van der Waals surface area contributed by atoms with Gasteiger partial charge in [0.2, 0.25) is 5.89 Å². The molecular weight excluding hydrogens is 204 g/mol. The summed E-state index contributed by atoms with van der Waals surface area (Å²) in [6.07, 6.45) is 0. The Kier molecular flexibility index (Phi) is 2.42. The fourth-order valence-corrected chi connectivity index (χ4v) is 1.11. The molecule has 0 aliphatic rings. The Morgan fingerprint density at radius 3 is 2.73 bits per heavy atom. The number of hydrogen-bond acceptors (Lipinski definition) is 4. The van der Waals surface area contributed by atoms with Crippen LogP contribution in [0.2, 0.25) is 0 Å². The van der Waals surface area contributed by atoms with Crippen LogP contribution in [0.5, 0.6) is 0 Å². The number of rotatable bonds is 2. The van der Waals surface area contributed by atoms with Gasteiger partial charge in [0, 0.05) is 0 Å². The highest BCUT2D eigenvalue weighted by atomic mass is 19.1. The molecule has 1 aromatic carbocycles. The number of halogens is 2. The van der Waals surface area contributed by atoms with E-state index in [2.05, 4.69) is 10.2 Å². The molecule has 0 spiro atoms. The molecule has 2 aromatic rings. The van der Waals surface area contributed by atoms with Crippen molar-refractivity contribution in [3.05, 3.63) is 35.7 Å².